The zero-order chi connectivity index (χ0) is 23.6. The Morgan fingerprint density at radius 1 is 1.16 bits per heavy atom. The number of hydrogen-bond acceptors (Lipinski definition) is 9. The first-order valence-corrected chi connectivity index (χ1v) is 9.81. The van der Waals surface area contributed by atoms with Crippen LogP contribution in [0.15, 0.2) is 4.42 Å². The Hall–Kier alpha value is -2.65. The highest BCUT2D eigenvalue weighted by Gasteiger charge is 2.65. The van der Waals surface area contributed by atoms with E-state index in [1.807, 2.05) is 0 Å². The standard InChI is InChI=1S/C16H14F4O10S/c1-14(2,23)8-7-9-12(30-13(7)22)11(10(8)29-9)28-5-6(21)27-4-3-15(17,18)16(19,20)31(24,25)26/h23H,3-5H2,1-2H3,(H,24,25,26). The van der Waals surface area contributed by atoms with Gasteiger partial charge >= 0.3 is 33.2 Å². The maximum absolute atomic E-state index is 13.4. The maximum Gasteiger partial charge on any atom is 0.431 e. The highest BCUT2D eigenvalue weighted by atomic mass is 32.2. The van der Waals surface area contributed by atoms with Gasteiger partial charge in [-0.25, -0.2) is 9.59 Å². The summed E-state index contributed by atoms with van der Waals surface area (Å²) in [6.45, 7) is 0.426. The predicted molar refractivity (Wildman–Crippen MR) is 90.1 cm³/mol. The van der Waals surface area contributed by atoms with Gasteiger partial charge in [0.15, 0.2) is 17.8 Å². The zero-order valence-corrected chi connectivity index (χ0v) is 16.5. The Kier molecular flexibility index (Phi) is 5.15. The summed E-state index contributed by atoms with van der Waals surface area (Å²) in [4.78, 5) is 23.6. The largest absolute Gasteiger partial charge is 0.474 e. The molecule has 0 saturated carbocycles. The smallest absolute Gasteiger partial charge is 0.431 e. The second kappa shape index (κ2) is 6.93. The second-order valence-electron chi connectivity index (χ2n) is 7.07. The molecule has 0 amide bonds. The number of benzene rings is 1. The first-order valence-electron chi connectivity index (χ1n) is 8.37. The number of carbonyl (C=O) groups excluding carboxylic acids is 2. The third-order valence-corrected chi connectivity index (χ3v) is 5.25. The molecule has 2 aromatic heterocycles. The van der Waals surface area contributed by atoms with E-state index in [1.54, 1.807) is 0 Å². The first-order chi connectivity index (χ1) is 14.0. The van der Waals surface area contributed by atoms with Crippen molar-refractivity contribution in [3.05, 3.63) is 11.1 Å². The fraction of sp³-hybridized carbons (Fsp3) is 0.500. The number of aliphatic hydroxyl groups is 1. The molecule has 0 saturated heterocycles. The minimum Gasteiger partial charge on any atom is -0.474 e. The van der Waals surface area contributed by atoms with Crippen molar-refractivity contribution < 1.29 is 63.9 Å². The van der Waals surface area contributed by atoms with Gasteiger partial charge < -0.3 is 23.7 Å². The van der Waals surface area contributed by atoms with Gasteiger partial charge in [-0.2, -0.15) is 26.0 Å². The van der Waals surface area contributed by atoms with Crippen molar-refractivity contribution in [3.63, 3.8) is 0 Å². The number of fused-ring (bicyclic) bond motifs is 1. The first kappa shape index (κ1) is 23.0. The molecule has 0 atom stereocenters. The third kappa shape index (κ3) is 3.65. The monoisotopic (exact) mass is 474 g/mol. The molecule has 3 heterocycles. The molecule has 0 aromatic carbocycles. The van der Waals surface area contributed by atoms with Crippen molar-refractivity contribution in [1.29, 1.82) is 0 Å². The van der Waals surface area contributed by atoms with Gasteiger partial charge in [-0.3, -0.25) is 4.55 Å². The number of alkyl halides is 4. The average Bonchev–Trinajstić information content (AvgIpc) is 3.20. The minimum atomic E-state index is -6.40. The van der Waals surface area contributed by atoms with Gasteiger partial charge in [-0.05, 0) is 13.8 Å². The highest BCUT2D eigenvalue weighted by molar-refractivity contribution is 7.87. The van der Waals surface area contributed by atoms with E-state index in [0.29, 0.717) is 0 Å². The summed E-state index contributed by atoms with van der Waals surface area (Å²) in [5.41, 5.74) is -1.63. The van der Waals surface area contributed by atoms with Crippen LogP contribution in [0.5, 0.6) is 11.5 Å². The van der Waals surface area contributed by atoms with Gasteiger partial charge in [0.25, 0.3) is 0 Å². The molecule has 172 valence electrons. The van der Waals surface area contributed by atoms with Crippen molar-refractivity contribution in [2.45, 2.75) is 37.0 Å². The third-order valence-electron chi connectivity index (χ3n) is 4.30. The molecule has 10 nitrogen and oxygen atoms in total. The lowest BCUT2D eigenvalue weighted by Gasteiger charge is -2.23. The number of esters is 2. The van der Waals surface area contributed by atoms with Crippen LogP contribution in [-0.2, 0) is 25.3 Å². The molecule has 2 bridgehead atoms. The molecule has 15 heteroatoms. The molecule has 2 N–H and O–H groups in total. The molecule has 0 fully saturated rings. The maximum atomic E-state index is 13.4. The molecule has 1 aliphatic heterocycles. The predicted octanol–water partition coefficient (Wildman–Crippen LogP) is 2.06. The Morgan fingerprint density at radius 3 is 2.32 bits per heavy atom. The van der Waals surface area contributed by atoms with Gasteiger partial charge in [0.1, 0.15) is 5.56 Å². The van der Waals surface area contributed by atoms with Crippen LogP contribution in [0, 0.1) is 0 Å². The van der Waals surface area contributed by atoms with E-state index in [1.165, 1.54) is 13.8 Å². The summed E-state index contributed by atoms with van der Waals surface area (Å²) in [7, 11) is -6.40. The Balaban J connectivity index is 1.64. The summed E-state index contributed by atoms with van der Waals surface area (Å²) in [6, 6.07) is 0. The lowest BCUT2D eigenvalue weighted by Crippen LogP contribution is -2.47. The number of rotatable bonds is 9. The summed E-state index contributed by atoms with van der Waals surface area (Å²) < 4.78 is 102. The van der Waals surface area contributed by atoms with Crippen LogP contribution in [0.2, 0.25) is 0 Å². The quantitative estimate of drug-likeness (QED) is 0.314. The SMILES string of the molecule is CC(C)(O)c1c2c3oc1c(OCC(=O)OCCC(F)(F)C(F)(F)S(=O)(=O)O)c3OC2=O. The van der Waals surface area contributed by atoms with Crippen LogP contribution in [0.25, 0.3) is 11.2 Å². The van der Waals surface area contributed by atoms with E-state index < -0.39 is 58.5 Å². The van der Waals surface area contributed by atoms with Crippen molar-refractivity contribution >= 4 is 33.2 Å². The van der Waals surface area contributed by atoms with E-state index in [9.17, 15) is 40.7 Å². The van der Waals surface area contributed by atoms with Gasteiger partial charge in [-0.1, -0.05) is 0 Å². The van der Waals surface area contributed by atoms with Crippen LogP contribution in [-0.4, -0.2) is 54.4 Å². The minimum absolute atomic E-state index is 0.00516. The summed E-state index contributed by atoms with van der Waals surface area (Å²) >= 11 is 0. The molecule has 31 heavy (non-hydrogen) atoms. The second-order valence-corrected chi connectivity index (χ2v) is 8.54. The summed E-state index contributed by atoms with van der Waals surface area (Å²) in [5, 5.41) is 4.46. The fourth-order valence-electron chi connectivity index (χ4n) is 2.90. The van der Waals surface area contributed by atoms with Crippen molar-refractivity contribution in [2.75, 3.05) is 13.2 Å². The van der Waals surface area contributed by atoms with Gasteiger partial charge in [0, 0.05) is 5.56 Å². The van der Waals surface area contributed by atoms with Crippen molar-refractivity contribution in [2.24, 2.45) is 0 Å². The van der Waals surface area contributed by atoms with Gasteiger partial charge in [0.2, 0.25) is 11.5 Å². The lowest BCUT2D eigenvalue weighted by molar-refractivity contribution is -0.175. The van der Waals surface area contributed by atoms with E-state index in [-0.39, 0.29) is 33.8 Å². The van der Waals surface area contributed by atoms with Crippen molar-refractivity contribution in [3.8, 4) is 11.5 Å². The van der Waals surface area contributed by atoms with E-state index in [0.717, 1.165) is 0 Å². The molecule has 0 radical (unpaired) electrons. The van der Waals surface area contributed by atoms with Crippen LogP contribution in [0.3, 0.4) is 0 Å². The topological polar surface area (TPSA) is 150 Å². The molecular weight excluding hydrogens is 460 g/mol. The normalized spacial score (nSPS) is 14.9. The van der Waals surface area contributed by atoms with E-state index in [4.69, 9.17) is 18.4 Å². The van der Waals surface area contributed by atoms with E-state index >= 15 is 0 Å². The highest BCUT2D eigenvalue weighted by Crippen LogP contribution is 2.54. The number of carbonyl (C=O) groups is 2. The molecule has 2 aromatic rings. The molecule has 0 aliphatic carbocycles. The van der Waals surface area contributed by atoms with Crippen LogP contribution >= 0.6 is 0 Å². The van der Waals surface area contributed by atoms with Crippen LogP contribution < -0.4 is 9.47 Å². The Morgan fingerprint density at radius 2 is 1.77 bits per heavy atom. The van der Waals surface area contributed by atoms with Crippen LogP contribution in [0.4, 0.5) is 17.6 Å². The lowest BCUT2D eigenvalue weighted by atomic mass is 9.93. The summed E-state index contributed by atoms with van der Waals surface area (Å²) in [6.07, 6.45) is -1.91. The van der Waals surface area contributed by atoms with Crippen LogP contribution in [0.1, 0.15) is 36.2 Å². The Labute approximate surface area is 170 Å². The summed E-state index contributed by atoms with van der Waals surface area (Å²) in [5.74, 6) is -7.75. The van der Waals surface area contributed by atoms with Crippen molar-refractivity contribution in [1.82, 2.24) is 0 Å². The number of hydrogen-bond donors (Lipinski definition) is 2. The molecule has 3 rings (SSSR count). The zero-order valence-electron chi connectivity index (χ0n) is 15.7. The molecule has 1 aliphatic rings. The number of ether oxygens (including phenoxy) is 3. The number of furan rings is 2. The van der Waals surface area contributed by atoms with Gasteiger partial charge in [-0.15, -0.1) is 0 Å². The fourth-order valence-corrected chi connectivity index (χ4v) is 3.38. The molecular formula is C16H14F4O10S. The van der Waals surface area contributed by atoms with E-state index in [2.05, 4.69) is 4.74 Å². The van der Waals surface area contributed by atoms with Gasteiger partial charge in [0.05, 0.1) is 18.6 Å². The number of halogens is 4. The Bertz CT molecular complexity index is 1150. The average molecular weight is 474 g/mol. The molecule has 0 unspecified atom stereocenters. The molecule has 0 spiro atoms.